The second-order valence-electron chi connectivity index (χ2n) is 6.34. The van der Waals surface area contributed by atoms with Crippen molar-refractivity contribution >= 4 is 5.91 Å². The summed E-state index contributed by atoms with van der Waals surface area (Å²) in [5.41, 5.74) is 6.72. The lowest BCUT2D eigenvalue weighted by Gasteiger charge is -2.13. The van der Waals surface area contributed by atoms with Crippen molar-refractivity contribution in [1.82, 2.24) is 0 Å². The van der Waals surface area contributed by atoms with Gasteiger partial charge in [-0.05, 0) is 56.9 Å². The zero-order valence-corrected chi connectivity index (χ0v) is 14.8. The Morgan fingerprint density at radius 3 is 2.50 bits per heavy atom. The van der Waals surface area contributed by atoms with E-state index in [9.17, 15) is 10.1 Å². The molecule has 24 heavy (non-hydrogen) atoms. The fourth-order valence-corrected chi connectivity index (χ4v) is 2.84. The molecule has 0 bridgehead atoms. The monoisotopic (exact) mass is 326 g/mol. The summed E-state index contributed by atoms with van der Waals surface area (Å²) < 4.78 is 0. The molecular formula is C21H30N2O. The van der Waals surface area contributed by atoms with E-state index in [1.807, 2.05) is 13.0 Å². The van der Waals surface area contributed by atoms with Gasteiger partial charge in [0, 0.05) is 11.8 Å². The summed E-state index contributed by atoms with van der Waals surface area (Å²) in [6, 6.07) is 12.9. The van der Waals surface area contributed by atoms with Crippen molar-refractivity contribution in [2.45, 2.75) is 58.3 Å². The van der Waals surface area contributed by atoms with E-state index in [0.717, 1.165) is 51.4 Å². The van der Waals surface area contributed by atoms with Crippen LogP contribution in [-0.4, -0.2) is 5.91 Å². The molecule has 0 radical (unpaired) electrons. The van der Waals surface area contributed by atoms with E-state index in [1.54, 1.807) is 0 Å². The number of nitrogens with two attached hydrogens (primary N) is 1. The zero-order chi connectivity index (χ0) is 17.6. The first-order valence-corrected chi connectivity index (χ1v) is 9.05. The van der Waals surface area contributed by atoms with Gasteiger partial charge in [-0.3, -0.25) is 4.79 Å². The molecule has 0 aliphatic heterocycles. The van der Waals surface area contributed by atoms with Gasteiger partial charge in [0.25, 0.3) is 0 Å². The molecule has 3 heteroatoms. The Balaban J connectivity index is 2.14. The molecule has 130 valence electrons. The lowest BCUT2D eigenvalue weighted by atomic mass is 9.91. The molecule has 1 aromatic rings. The maximum absolute atomic E-state index is 11.2. The predicted octanol–water partition coefficient (Wildman–Crippen LogP) is 4.78. The van der Waals surface area contributed by atoms with Crippen LogP contribution in [0, 0.1) is 23.2 Å². The van der Waals surface area contributed by atoms with Crippen LogP contribution >= 0.6 is 0 Å². The first kappa shape index (κ1) is 20.0. The third kappa shape index (κ3) is 8.53. The number of benzene rings is 1. The van der Waals surface area contributed by atoms with Gasteiger partial charge in [0.05, 0.1) is 6.07 Å². The topological polar surface area (TPSA) is 66.9 Å². The Morgan fingerprint density at radius 2 is 1.88 bits per heavy atom. The number of rotatable bonds is 12. The largest absolute Gasteiger partial charge is 0.369 e. The molecule has 0 aromatic heterocycles. The fraction of sp³-hybridized carbons (Fsp3) is 0.524. The number of carbonyl (C=O) groups excluding carboxylic acids is 1. The van der Waals surface area contributed by atoms with Crippen molar-refractivity contribution < 1.29 is 4.79 Å². The Hall–Kier alpha value is -2.08. The molecule has 0 aliphatic carbocycles. The highest BCUT2D eigenvalue weighted by Crippen LogP contribution is 2.19. The van der Waals surface area contributed by atoms with Crippen molar-refractivity contribution in [2.24, 2.45) is 17.6 Å². The molecule has 0 heterocycles. The van der Waals surface area contributed by atoms with E-state index in [-0.39, 0.29) is 17.7 Å². The number of hydrogen-bond donors (Lipinski definition) is 1. The summed E-state index contributed by atoms with van der Waals surface area (Å²) >= 11 is 0. The number of carbonyl (C=O) groups is 1. The molecule has 0 aliphatic rings. The Labute approximate surface area is 146 Å². The minimum atomic E-state index is -0.240. The molecule has 0 saturated carbocycles. The van der Waals surface area contributed by atoms with E-state index in [0.29, 0.717) is 0 Å². The van der Waals surface area contributed by atoms with E-state index < -0.39 is 0 Å². The molecule has 0 fully saturated rings. The molecule has 1 rings (SSSR count). The molecule has 3 nitrogen and oxygen atoms in total. The minimum Gasteiger partial charge on any atom is -0.369 e. The predicted molar refractivity (Wildman–Crippen MR) is 99.1 cm³/mol. The highest BCUT2D eigenvalue weighted by Gasteiger charge is 2.15. The average Bonchev–Trinajstić information content (AvgIpc) is 2.60. The molecule has 0 spiro atoms. The fourth-order valence-electron chi connectivity index (χ4n) is 2.84. The van der Waals surface area contributed by atoms with Crippen LogP contribution in [0.5, 0.6) is 0 Å². The molecule has 2 N–H and O–H groups in total. The second-order valence-corrected chi connectivity index (χ2v) is 6.34. The number of primary amides is 1. The summed E-state index contributed by atoms with van der Waals surface area (Å²) in [4.78, 5) is 11.2. The Bertz CT molecular complexity index is 531. The zero-order valence-electron chi connectivity index (χ0n) is 14.8. The normalized spacial score (nSPS) is 13.5. The van der Waals surface area contributed by atoms with Crippen molar-refractivity contribution in [1.29, 1.82) is 5.26 Å². The van der Waals surface area contributed by atoms with Crippen LogP contribution in [0.2, 0.25) is 0 Å². The van der Waals surface area contributed by atoms with E-state index in [1.165, 1.54) is 5.56 Å². The van der Waals surface area contributed by atoms with Gasteiger partial charge in [-0.25, -0.2) is 0 Å². The van der Waals surface area contributed by atoms with Crippen LogP contribution < -0.4 is 5.73 Å². The lowest BCUT2D eigenvalue weighted by Crippen LogP contribution is -2.23. The number of allylic oxidation sites excluding steroid dienone is 2. The van der Waals surface area contributed by atoms with Crippen LogP contribution in [0.4, 0.5) is 0 Å². The van der Waals surface area contributed by atoms with Crippen molar-refractivity contribution in [2.75, 3.05) is 0 Å². The van der Waals surface area contributed by atoms with Gasteiger partial charge in [0.1, 0.15) is 0 Å². The molecule has 2 atom stereocenters. The quantitative estimate of drug-likeness (QED) is 0.444. The molecule has 1 aromatic carbocycles. The third-order valence-corrected chi connectivity index (χ3v) is 4.47. The summed E-state index contributed by atoms with van der Waals surface area (Å²) in [6.07, 6.45) is 11.8. The Kier molecular flexibility index (Phi) is 10.3. The summed E-state index contributed by atoms with van der Waals surface area (Å²) in [7, 11) is 0. The van der Waals surface area contributed by atoms with Crippen molar-refractivity contribution in [3.05, 3.63) is 48.0 Å². The van der Waals surface area contributed by atoms with Gasteiger partial charge in [-0.2, -0.15) is 5.26 Å². The standard InChI is InChI=1S/C21H30N2O/c1-2-20(21(23)24)16-15-19(17-22)14-8-5-3-4-7-11-18-12-9-6-10-13-18/h3-4,6,9-10,12-13,19-20H,2,5,7-8,11,14-16H2,1H3,(H2,23,24)/b4-3+. The third-order valence-electron chi connectivity index (χ3n) is 4.47. The Morgan fingerprint density at radius 1 is 1.17 bits per heavy atom. The number of hydrogen-bond acceptors (Lipinski definition) is 2. The molecule has 2 unspecified atom stereocenters. The SMILES string of the molecule is CCC(CCC(C#N)CCC/C=C/CCc1ccccc1)C(N)=O. The number of aryl methyl sites for hydroxylation is 1. The van der Waals surface area contributed by atoms with Gasteiger partial charge in [0.2, 0.25) is 5.91 Å². The van der Waals surface area contributed by atoms with Gasteiger partial charge in [0.15, 0.2) is 0 Å². The van der Waals surface area contributed by atoms with E-state index in [4.69, 9.17) is 5.73 Å². The first-order chi connectivity index (χ1) is 11.7. The van der Waals surface area contributed by atoms with Crippen LogP contribution in [-0.2, 0) is 11.2 Å². The number of nitrogens with zero attached hydrogens (tertiary/aromatic N) is 1. The molecule has 1 amide bonds. The summed E-state index contributed by atoms with van der Waals surface area (Å²) in [5.74, 6) is -0.287. The summed E-state index contributed by atoms with van der Waals surface area (Å²) in [6.45, 7) is 1.97. The average molecular weight is 326 g/mol. The van der Waals surface area contributed by atoms with Gasteiger partial charge >= 0.3 is 0 Å². The number of nitriles is 1. The second kappa shape index (κ2) is 12.4. The van der Waals surface area contributed by atoms with Gasteiger partial charge in [-0.1, -0.05) is 49.4 Å². The van der Waals surface area contributed by atoms with E-state index >= 15 is 0 Å². The number of unbranched alkanes of at least 4 members (excludes halogenated alkanes) is 1. The highest BCUT2D eigenvalue weighted by molar-refractivity contribution is 5.76. The first-order valence-electron chi connectivity index (χ1n) is 9.05. The lowest BCUT2D eigenvalue weighted by molar-refractivity contribution is -0.122. The van der Waals surface area contributed by atoms with Crippen LogP contribution in [0.1, 0.15) is 57.4 Å². The molecule has 0 saturated heterocycles. The van der Waals surface area contributed by atoms with E-state index in [2.05, 4.69) is 42.5 Å². The van der Waals surface area contributed by atoms with Crippen molar-refractivity contribution in [3.63, 3.8) is 0 Å². The van der Waals surface area contributed by atoms with Crippen molar-refractivity contribution in [3.8, 4) is 6.07 Å². The number of amides is 1. The maximum atomic E-state index is 11.2. The smallest absolute Gasteiger partial charge is 0.220 e. The highest BCUT2D eigenvalue weighted by atomic mass is 16.1. The van der Waals surface area contributed by atoms with Gasteiger partial charge < -0.3 is 5.73 Å². The van der Waals surface area contributed by atoms with Gasteiger partial charge in [-0.15, -0.1) is 0 Å². The summed E-state index contributed by atoms with van der Waals surface area (Å²) in [5, 5.41) is 9.23. The van der Waals surface area contributed by atoms with Crippen LogP contribution in [0.15, 0.2) is 42.5 Å². The van der Waals surface area contributed by atoms with Crippen LogP contribution in [0.25, 0.3) is 0 Å². The maximum Gasteiger partial charge on any atom is 0.220 e. The van der Waals surface area contributed by atoms with Crippen LogP contribution in [0.3, 0.4) is 0 Å². The molecular weight excluding hydrogens is 296 g/mol. The minimum absolute atomic E-state index is 0.0381.